The lowest BCUT2D eigenvalue weighted by atomic mass is 10.2. The Morgan fingerprint density at radius 2 is 2.08 bits per heavy atom. The third-order valence-electron chi connectivity index (χ3n) is 1.41. The van der Waals surface area contributed by atoms with Crippen molar-refractivity contribution in [2.75, 3.05) is 0 Å². The van der Waals surface area contributed by atoms with Crippen LogP contribution >= 0.6 is 0 Å². The quantitative estimate of drug-likeness (QED) is 0.406. The van der Waals surface area contributed by atoms with Gasteiger partial charge in [-0.2, -0.15) is 0 Å². The third-order valence-corrected chi connectivity index (χ3v) is 2.36. The molecule has 0 aromatic carbocycles. The van der Waals surface area contributed by atoms with Gasteiger partial charge in [-0.25, -0.2) is 0 Å². The first-order valence-corrected chi connectivity index (χ1v) is 7.74. The molecule has 0 aromatic rings. The molecule has 0 heterocycles. The fraction of sp³-hybridized carbons (Fsp3) is 0.667. The first-order valence-electron chi connectivity index (χ1n) is 4.30. The van der Waals surface area contributed by atoms with Crippen LogP contribution in [-0.4, -0.2) is 25.2 Å². The monoisotopic (exact) mass is 185 g/mol. The molecule has 0 bridgehead atoms. The summed E-state index contributed by atoms with van der Waals surface area (Å²) < 4.78 is 4.53. The summed E-state index contributed by atoms with van der Waals surface area (Å²) in [6, 6.07) is 0. The lowest BCUT2D eigenvalue weighted by Gasteiger charge is -2.15. The Morgan fingerprint density at radius 1 is 1.58 bits per heavy atom. The summed E-state index contributed by atoms with van der Waals surface area (Å²) in [5.41, 5.74) is 0.865. The summed E-state index contributed by atoms with van der Waals surface area (Å²) in [6.45, 7) is 12.0. The van der Waals surface area contributed by atoms with Gasteiger partial charge >= 0.3 is 0 Å². The van der Waals surface area contributed by atoms with E-state index < -0.39 is 14.3 Å². The van der Waals surface area contributed by atoms with Gasteiger partial charge in [0.1, 0.15) is 6.10 Å². The van der Waals surface area contributed by atoms with E-state index in [1.165, 1.54) is 6.08 Å². The van der Waals surface area contributed by atoms with E-state index in [2.05, 4.69) is 30.9 Å². The highest BCUT2D eigenvalue weighted by molar-refractivity contribution is 6.75. The zero-order valence-electron chi connectivity index (χ0n) is 8.46. The fourth-order valence-electron chi connectivity index (χ4n) is 0.921. The molecule has 1 unspecified atom stereocenters. The standard InChI is InChI=1S/C9H19NOSi/c1-6-8(9(11)7-2)10-12(3,4)5/h7,9,11H,2,6H2,1,3-5H3. The van der Waals surface area contributed by atoms with Crippen LogP contribution in [0.3, 0.4) is 0 Å². The van der Waals surface area contributed by atoms with E-state index in [9.17, 15) is 5.11 Å². The van der Waals surface area contributed by atoms with Crippen molar-refractivity contribution in [3.05, 3.63) is 12.7 Å². The van der Waals surface area contributed by atoms with Gasteiger partial charge in [-0.3, -0.25) is 0 Å². The lowest BCUT2D eigenvalue weighted by molar-refractivity contribution is 0.287. The fourth-order valence-corrected chi connectivity index (χ4v) is 2.07. The van der Waals surface area contributed by atoms with E-state index in [1.54, 1.807) is 0 Å². The smallest absolute Gasteiger partial charge is 0.172 e. The molecule has 2 nitrogen and oxygen atoms in total. The predicted octanol–water partition coefficient (Wildman–Crippen LogP) is 2.22. The van der Waals surface area contributed by atoms with Crippen LogP contribution in [0.2, 0.25) is 19.6 Å². The Labute approximate surface area is 76.1 Å². The first kappa shape index (κ1) is 11.6. The van der Waals surface area contributed by atoms with E-state index >= 15 is 0 Å². The second-order valence-electron chi connectivity index (χ2n) is 3.81. The van der Waals surface area contributed by atoms with Gasteiger partial charge in [0.25, 0.3) is 0 Å². The minimum atomic E-state index is -1.44. The van der Waals surface area contributed by atoms with Crippen molar-refractivity contribution in [2.24, 2.45) is 4.66 Å². The van der Waals surface area contributed by atoms with E-state index in [1.807, 2.05) is 6.92 Å². The van der Waals surface area contributed by atoms with Crippen LogP contribution in [0, 0.1) is 0 Å². The van der Waals surface area contributed by atoms with E-state index in [4.69, 9.17) is 0 Å². The molecule has 12 heavy (non-hydrogen) atoms. The van der Waals surface area contributed by atoms with Crippen LogP contribution in [0.5, 0.6) is 0 Å². The van der Waals surface area contributed by atoms with Crippen LogP contribution in [0.1, 0.15) is 13.3 Å². The van der Waals surface area contributed by atoms with Gasteiger partial charge in [0.2, 0.25) is 0 Å². The third kappa shape index (κ3) is 4.46. The van der Waals surface area contributed by atoms with Crippen LogP contribution < -0.4 is 0 Å². The van der Waals surface area contributed by atoms with Gasteiger partial charge in [0.05, 0.1) is 0 Å². The molecule has 0 spiro atoms. The van der Waals surface area contributed by atoms with Gasteiger partial charge < -0.3 is 9.76 Å². The zero-order valence-corrected chi connectivity index (χ0v) is 9.46. The van der Waals surface area contributed by atoms with Gasteiger partial charge in [0.15, 0.2) is 8.24 Å². The van der Waals surface area contributed by atoms with Gasteiger partial charge in [0, 0.05) is 5.71 Å². The van der Waals surface area contributed by atoms with E-state index in [-0.39, 0.29) is 0 Å². The van der Waals surface area contributed by atoms with Crippen molar-refractivity contribution in [2.45, 2.75) is 39.1 Å². The second-order valence-corrected chi connectivity index (χ2v) is 8.37. The van der Waals surface area contributed by atoms with Gasteiger partial charge in [-0.1, -0.05) is 13.0 Å². The molecule has 0 rings (SSSR count). The topological polar surface area (TPSA) is 32.6 Å². The first-order chi connectivity index (χ1) is 5.40. The van der Waals surface area contributed by atoms with Crippen molar-refractivity contribution in [3.63, 3.8) is 0 Å². The van der Waals surface area contributed by atoms with Crippen LogP contribution in [0.4, 0.5) is 0 Å². The average Bonchev–Trinajstić information content (AvgIpc) is 1.97. The molecule has 0 radical (unpaired) electrons. The van der Waals surface area contributed by atoms with E-state index in [0.717, 1.165) is 12.1 Å². The Morgan fingerprint density at radius 3 is 2.33 bits per heavy atom. The summed E-state index contributed by atoms with van der Waals surface area (Å²) >= 11 is 0. The number of nitrogens with zero attached hydrogens (tertiary/aromatic N) is 1. The zero-order chi connectivity index (χ0) is 9.78. The highest BCUT2D eigenvalue weighted by Crippen LogP contribution is 2.06. The average molecular weight is 185 g/mol. The molecular weight excluding hydrogens is 166 g/mol. The Bertz CT molecular complexity index is 181. The molecule has 1 N–H and O–H groups in total. The lowest BCUT2D eigenvalue weighted by Crippen LogP contribution is -2.25. The Balaban J connectivity index is 4.54. The number of aliphatic hydroxyl groups is 1. The summed E-state index contributed by atoms with van der Waals surface area (Å²) in [4.78, 5) is 0. The summed E-state index contributed by atoms with van der Waals surface area (Å²) in [5.74, 6) is 0. The minimum absolute atomic E-state index is 0.554. The number of hydrogen-bond donors (Lipinski definition) is 1. The maximum absolute atomic E-state index is 9.45. The maximum atomic E-state index is 9.45. The molecule has 1 atom stereocenters. The molecule has 0 fully saturated rings. The molecule has 0 aliphatic heterocycles. The largest absolute Gasteiger partial charge is 0.383 e. The molecule has 0 amide bonds. The van der Waals surface area contributed by atoms with Gasteiger partial charge in [-0.15, -0.1) is 6.58 Å². The molecule has 70 valence electrons. The van der Waals surface area contributed by atoms with Crippen LogP contribution in [-0.2, 0) is 0 Å². The SMILES string of the molecule is C=CC(O)C(CC)=N[Si](C)(C)C. The molecule has 0 aliphatic carbocycles. The molecule has 0 saturated carbocycles. The summed E-state index contributed by atoms with van der Waals surface area (Å²) in [6.07, 6.45) is 1.78. The predicted molar refractivity (Wildman–Crippen MR) is 57.3 cm³/mol. The number of hydrogen-bond acceptors (Lipinski definition) is 2. The molecule has 0 aliphatic rings. The number of aliphatic hydroxyl groups excluding tert-OH is 1. The van der Waals surface area contributed by atoms with Crippen molar-refractivity contribution in [1.29, 1.82) is 0 Å². The van der Waals surface area contributed by atoms with E-state index in [0.29, 0.717) is 0 Å². The van der Waals surface area contributed by atoms with Crippen molar-refractivity contribution < 1.29 is 5.11 Å². The van der Waals surface area contributed by atoms with Crippen molar-refractivity contribution in [3.8, 4) is 0 Å². The normalized spacial score (nSPS) is 15.9. The van der Waals surface area contributed by atoms with Crippen molar-refractivity contribution in [1.82, 2.24) is 0 Å². The molecule has 0 aromatic heterocycles. The Hall–Kier alpha value is -0.413. The maximum Gasteiger partial charge on any atom is 0.172 e. The number of rotatable bonds is 4. The van der Waals surface area contributed by atoms with Gasteiger partial charge in [-0.05, 0) is 26.1 Å². The second kappa shape index (κ2) is 4.57. The van der Waals surface area contributed by atoms with Crippen LogP contribution in [0.25, 0.3) is 0 Å². The highest BCUT2D eigenvalue weighted by Gasteiger charge is 2.15. The molecule has 3 heteroatoms. The minimum Gasteiger partial charge on any atom is -0.383 e. The van der Waals surface area contributed by atoms with Crippen molar-refractivity contribution >= 4 is 13.9 Å². The Kier molecular flexibility index (Phi) is 4.42. The summed E-state index contributed by atoms with van der Waals surface area (Å²) in [7, 11) is -1.44. The molecular formula is C9H19NOSi. The molecule has 0 saturated heterocycles. The van der Waals surface area contributed by atoms with Crippen LogP contribution in [0.15, 0.2) is 17.3 Å². The highest BCUT2D eigenvalue weighted by atomic mass is 28.3. The summed E-state index contributed by atoms with van der Waals surface area (Å²) in [5, 5.41) is 9.45.